The topological polar surface area (TPSA) is 55.5 Å². The van der Waals surface area contributed by atoms with Gasteiger partial charge in [0.2, 0.25) is 0 Å². The number of hydrogen-bond donors (Lipinski definition) is 2. The molecule has 1 rings (SSSR count). The van der Waals surface area contributed by atoms with E-state index >= 15 is 0 Å². The summed E-state index contributed by atoms with van der Waals surface area (Å²) in [6.45, 7) is -0.940. The van der Waals surface area contributed by atoms with E-state index in [1.807, 2.05) is 0 Å². The number of alkyl halides is 3. The van der Waals surface area contributed by atoms with Crippen LogP contribution in [0.4, 0.5) is 17.6 Å². The number of nitrogens with two attached hydrogens (primary N) is 1. The Kier molecular flexibility index (Phi) is 4.30. The molecule has 1 unspecified atom stereocenters. The summed E-state index contributed by atoms with van der Waals surface area (Å²) in [5.41, 5.74) is 5.74. The maximum Gasteiger partial charge on any atom is 0.417 e. The summed E-state index contributed by atoms with van der Waals surface area (Å²) in [7, 11) is 0. The minimum absolute atomic E-state index is 0.113. The predicted octanol–water partition coefficient (Wildman–Crippen LogP) is 1.59. The van der Waals surface area contributed by atoms with Crippen LogP contribution in [-0.2, 0) is 6.54 Å². The van der Waals surface area contributed by atoms with Crippen LogP contribution >= 0.6 is 0 Å². The molecule has 0 aliphatic rings. The molecule has 0 fully saturated rings. The lowest BCUT2D eigenvalue weighted by molar-refractivity contribution is -0.210. The first kappa shape index (κ1) is 13.7. The molecule has 0 radical (unpaired) electrons. The number of benzene rings is 1. The van der Waals surface area contributed by atoms with Crippen molar-refractivity contribution < 1.29 is 27.4 Å². The van der Waals surface area contributed by atoms with Gasteiger partial charge >= 0.3 is 6.18 Å². The highest BCUT2D eigenvalue weighted by Gasteiger charge is 2.38. The van der Waals surface area contributed by atoms with Gasteiger partial charge in [-0.3, -0.25) is 0 Å². The number of aliphatic hydroxyl groups is 1. The Hall–Kier alpha value is -1.34. The summed E-state index contributed by atoms with van der Waals surface area (Å²) in [6, 6.07) is 3.66. The first-order valence-corrected chi connectivity index (χ1v) is 4.70. The van der Waals surface area contributed by atoms with Crippen LogP contribution in [0, 0.1) is 5.82 Å². The minimum Gasteiger partial charge on any atom is -0.487 e. The summed E-state index contributed by atoms with van der Waals surface area (Å²) in [5.74, 6) is -1.17. The monoisotopic (exact) mass is 253 g/mol. The Labute approximate surface area is 94.8 Å². The van der Waals surface area contributed by atoms with Gasteiger partial charge in [0, 0.05) is 6.54 Å². The number of rotatable bonds is 4. The van der Waals surface area contributed by atoms with Crippen molar-refractivity contribution in [3.8, 4) is 5.75 Å². The van der Waals surface area contributed by atoms with Crippen molar-refractivity contribution in [2.75, 3.05) is 6.61 Å². The fraction of sp³-hybridized carbons (Fsp3) is 0.400. The second-order valence-electron chi connectivity index (χ2n) is 3.34. The van der Waals surface area contributed by atoms with Crippen LogP contribution in [0.1, 0.15) is 5.56 Å². The zero-order valence-corrected chi connectivity index (χ0v) is 8.67. The Morgan fingerprint density at radius 1 is 1.35 bits per heavy atom. The van der Waals surface area contributed by atoms with Gasteiger partial charge in [0.15, 0.2) is 17.7 Å². The quantitative estimate of drug-likeness (QED) is 0.801. The average molecular weight is 253 g/mol. The molecule has 0 aliphatic carbocycles. The Bertz CT molecular complexity index is 381. The van der Waals surface area contributed by atoms with Crippen LogP contribution < -0.4 is 10.5 Å². The van der Waals surface area contributed by atoms with Gasteiger partial charge in [0.1, 0.15) is 6.61 Å². The molecule has 0 heterocycles. The summed E-state index contributed by atoms with van der Waals surface area (Å²) in [6.07, 6.45) is -7.43. The Balaban J connectivity index is 2.64. The zero-order valence-electron chi connectivity index (χ0n) is 8.67. The van der Waals surface area contributed by atoms with E-state index in [4.69, 9.17) is 10.8 Å². The number of halogens is 4. The van der Waals surface area contributed by atoms with Crippen molar-refractivity contribution in [3.05, 3.63) is 29.6 Å². The summed E-state index contributed by atoms with van der Waals surface area (Å²) in [4.78, 5) is 0. The van der Waals surface area contributed by atoms with Crippen LogP contribution in [0.15, 0.2) is 18.2 Å². The smallest absolute Gasteiger partial charge is 0.417 e. The van der Waals surface area contributed by atoms with Crippen molar-refractivity contribution in [1.82, 2.24) is 0 Å². The summed E-state index contributed by atoms with van der Waals surface area (Å²) >= 11 is 0. The van der Waals surface area contributed by atoms with Gasteiger partial charge in [-0.05, 0) is 17.7 Å². The van der Waals surface area contributed by atoms with E-state index in [1.165, 1.54) is 12.1 Å². The van der Waals surface area contributed by atoms with E-state index in [1.54, 1.807) is 0 Å². The van der Waals surface area contributed by atoms with E-state index in [9.17, 15) is 17.6 Å². The highest BCUT2D eigenvalue weighted by atomic mass is 19.4. The first-order chi connectivity index (χ1) is 7.84. The molecule has 1 aromatic carbocycles. The van der Waals surface area contributed by atoms with Crippen molar-refractivity contribution in [3.63, 3.8) is 0 Å². The molecule has 17 heavy (non-hydrogen) atoms. The van der Waals surface area contributed by atoms with Gasteiger partial charge in [0.25, 0.3) is 0 Å². The lowest BCUT2D eigenvalue weighted by Gasteiger charge is -2.15. The molecule has 0 saturated heterocycles. The molecule has 0 aliphatic heterocycles. The summed E-state index contributed by atoms with van der Waals surface area (Å²) < 4.78 is 53.6. The second-order valence-corrected chi connectivity index (χ2v) is 3.34. The normalized spacial score (nSPS) is 13.5. The van der Waals surface area contributed by atoms with Crippen LogP contribution in [-0.4, -0.2) is 24.0 Å². The third-order valence-electron chi connectivity index (χ3n) is 2.01. The molecule has 7 heteroatoms. The third-order valence-corrected chi connectivity index (χ3v) is 2.01. The summed E-state index contributed by atoms with van der Waals surface area (Å²) in [5, 5.41) is 8.65. The van der Waals surface area contributed by atoms with E-state index in [0.29, 0.717) is 5.56 Å². The van der Waals surface area contributed by atoms with Gasteiger partial charge in [-0.15, -0.1) is 0 Å². The van der Waals surface area contributed by atoms with Crippen molar-refractivity contribution in [2.45, 2.75) is 18.8 Å². The number of hydrogen-bond acceptors (Lipinski definition) is 3. The van der Waals surface area contributed by atoms with Crippen molar-refractivity contribution in [1.29, 1.82) is 0 Å². The van der Waals surface area contributed by atoms with E-state index in [-0.39, 0.29) is 12.3 Å². The largest absolute Gasteiger partial charge is 0.487 e. The molecule has 0 spiro atoms. The zero-order chi connectivity index (χ0) is 13.1. The van der Waals surface area contributed by atoms with Crippen molar-refractivity contribution in [2.24, 2.45) is 5.73 Å². The SMILES string of the molecule is NCc1ccc(OCC(O)C(F)(F)F)c(F)c1. The second kappa shape index (κ2) is 5.33. The fourth-order valence-electron chi connectivity index (χ4n) is 1.05. The fourth-order valence-corrected chi connectivity index (χ4v) is 1.05. The van der Waals surface area contributed by atoms with E-state index in [2.05, 4.69) is 4.74 Å². The molecule has 96 valence electrons. The van der Waals surface area contributed by atoms with Gasteiger partial charge in [0.05, 0.1) is 0 Å². The van der Waals surface area contributed by atoms with Crippen LogP contribution in [0.3, 0.4) is 0 Å². The molecule has 0 amide bonds. The maximum atomic E-state index is 13.2. The standard InChI is InChI=1S/C10H11F4NO2/c11-7-3-6(4-15)1-2-8(7)17-5-9(16)10(12,13)14/h1-3,9,16H,4-5,15H2. The van der Waals surface area contributed by atoms with Crippen LogP contribution in [0.2, 0.25) is 0 Å². The minimum atomic E-state index is -4.78. The lowest BCUT2D eigenvalue weighted by Crippen LogP contribution is -2.34. The Morgan fingerprint density at radius 2 is 2.00 bits per heavy atom. The molecule has 3 N–H and O–H groups in total. The average Bonchev–Trinajstić information content (AvgIpc) is 2.25. The lowest BCUT2D eigenvalue weighted by atomic mass is 10.2. The predicted molar refractivity (Wildman–Crippen MR) is 51.8 cm³/mol. The molecular weight excluding hydrogens is 242 g/mol. The first-order valence-electron chi connectivity index (χ1n) is 4.70. The van der Waals surface area contributed by atoms with E-state index < -0.39 is 24.7 Å². The van der Waals surface area contributed by atoms with Crippen molar-refractivity contribution >= 4 is 0 Å². The highest BCUT2D eigenvalue weighted by molar-refractivity contribution is 5.29. The maximum absolute atomic E-state index is 13.2. The van der Waals surface area contributed by atoms with Gasteiger partial charge in [-0.2, -0.15) is 13.2 Å². The highest BCUT2D eigenvalue weighted by Crippen LogP contribution is 2.23. The van der Waals surface area contributed by atoms with Gasteiger partial charge < -0.3 is 15.6 Å². The molecule has 3 nitrogen and oxygen atoms in total. The molecular formula is C10H11F4NO2. The van der Waals surface area contributed by atoms with Crippen LogP contribution in [0.5, 0.6) is 5.75 Å². The third kappa shape index (κ3) is 3.86. The molecule has 1 atom stereocenters. The number of aliphatic hydroxyl groups excluding tert-OH is 1. The Morgan fingerprint density at radius 3 is 2.47 bits per heavy atom. The van der Waals surface area contributed by atoms with Gasteiger partial charge in [-0.25, -0.2) is 4.39 Å². The van der Waals surface area contributed by atoms with E-state index in [0.717, 1.165) is 6.07 Å². The van der Waals surface area contributed by atoms with Crippen LogP contribution in [0.25, 0.3) is 0 Å². The molecule has 1 aromatic rings. The molecule has 0 saturated carbocycles. The molecule has 0 bridgehead atoms. The molecule has 0 aromatic heterocycles. The number of ether oxygens (including phenoxy) is 1. The van der Waals surface area contributed by atoms with Gasteiger partial charge in [-0.1, -0.05) is 6.07 Å².